The van der Waals surface area contributed by atoms with Gasteiger partial charge in [-0.1, -0.05) is 60.7 Å². The van der Waals surface area contributed by atoms with Gasteiger partial charge in [0.15, 0.2) is 0 Å². The molecule has 0 saturated carbocycles. The quantitative estimate of drug-likeness (QED) is 0.564. The molecule has 0 aromatic heterocycles. The summed E-state index contributed by atoms with van der Waals surface area (Å²) in [7, 11) is -3.56. The largest absolute Gasteiger partial charge is 0.340 e. The topological polar surface area (TPSA) is 60.9 Å². The van der Waals surface area contributed by atoms with Gasteiger partial charge in [-0.2, -0.15) is 4.31 Å². The monoisotopic (exact) mass is 477 g/mol. The van der Waals surface area contributed by atoms with E-state index in [1.807, 2.05) is 41.3 Å². The van der Waals surface area contributed by atoms with Gasteiger partial charge in [-0.15, -0.1) is 0 Å². The standard InChI is InChI=1S/C27H31N3O3S/c31-27(29-18-16-28(17-19-29)21-22-6-2-1-3-7-22)24-12-14-30(15-13-24)34(32,33)26-11-10-23-8-4-5-9-25(23)20-26/h1-11,20,24H,12-19,21H2. The number of carbonyl (C=O) groups excluding carboxylic acids is 1. The summed E-state index contributed by atoms with van der Waals surface area (Å²) in [5, 5.41) is 1.94. The third-order valence-electron chi connectivity index (χ3n) is 7.09. The average Bonchev–Trinajstić information content (AvgIpc) is 2.89. The molecule has 2 aliphatic heterocycles. The smallest absolute Gasteiger partial charge is 0.243 e. The van der Waals surface area contributed by atoms with Crippen molar-refractivity contribution in [2.45, 2.75) is 24.3 Å². The highest BCUT2D eigenvalue weighted by molar-refractivity contribution is 7.89. The Balaban J connectivity index is 1.15. The number of hydrogen-bond donors (Lipinski definition) is 0. The molecule has 0 atom stereocenters. The summed E-state index contributed by atoms with van der Waals surface area (Å²) in [4.78, 5) is 17.8. The number of nitrogens with zero attached hydrogens (tertiary/aromatic N) is 3. The molecule has 0 spiro atoms. The van der Waals surface area contributed by atoms with Crippen LogP contribution in [-0.2, 0) is 21.4 Å². The zero-order valence-corrected chi connectivity index (χ0v) is 20.2. The van der Waals surface area contributed by atoms with Crippen molar-refractivity contribution in [3.8, 4) is 0 Å². The van der Waals surface area contributed by atoms with Crippen LogP contribution >= 0.6 is 0 Å². The maximum Gasteiger partial charge on any atom is 0.243 e. The summed E-state index contributed by atoms with van der Waals surface area (Å²) in [5.41, 5.74) is 1.29. The lowest BCUT2D eigenvalue weighted by Crippen LogP contribution is -2.51. The summed E-state index contributed by atoms with van der Waals surface area (Å²) in [6, 6.07) is 23.5. The summed E-state index contributed by atoms with van der Waals surface area (Å²) >= 11 is 0. The first kappa shape index (κ1) is 23.0. The normalized spacial score (nSPS) is 18.9. The molecule has 3 aromatic carbocycles. The van der Waals surface area contributed by atoms with E-state index < -0.39 is 10.0 Å². The molecule has 0 N–H and O–H groups in total. The van der Waals surface area contributed by atoms with Crippen LogP contribution in [0.4, 0.5) is 0 Å². The molecule has 5 rings (SSSR count). The average molecular weight is 478 g/mol. The predicted octanol–water partition coefficient (Wildman–Crippen LogP) is 3.58. The minimum atomic E-state index is -3.56. The molecule has 0 bridgehead atoms. The van der Waals surface area contributed by atoms with Gasteiger partial charge in [-0.3, -0.25) is 9.69 Å². The third kappa shape index (κ3) is 4.87. The van der Waals surface area contributed by atoms with E-state index >= 15 is 0 Å². The van der Waals surface area contributed by atoms with Crippen LogP contribution < -0.4 is 0 Å². The van der Waals surface area contributed by atoms with Gasteiger partial charge in [0.25, 0.3) is 0 Å². The van der Waals surface area contributed by atoms with Crippen molar-refractivity contribution >= 4 is 26.7 Å². The molecular formula is C27H31N3O3S. The minimum absolute atomic E-state index is 0.0938. The second-order valence-electron chi connectivity index (χ2n) is 9.27. The van der Waals surface area contributed by atoms with Crippen molar-refractivity contribution in [3.05, 3.63) is 78.4 Å². The number of amides is 1. The van der Waals surface area contributed by atoms with Gasteiger partial charge in [0.1, 0.15) is 0 Å². The van der Waals surface area contributed by atoms with Crippen molar-refractivity contribution in [3.63, 3.8) is 0 Å². The first-order chi connectivity index (χ1) is 16.5. The molecule has 2 saturated heterocycles. The van der Waals surface area contributed by atoms with Crippen molar-refractivity contribution < 1.29 is 13.2 Å². The van der Waals surface area contributed by atoms with Crippen LogP contribution in [0.15, 0.2) is 77.7 Å². The Morgan fingerprint density at radius 1 is 0.765 bits per heavy atom. The fourth-order valence-corrected chi connectivity index (χ4v) is 6.55. The van der Waals surface area contributed by atoms with Crippen LogP contribution in [-0.4, -0.2) is 67.7 Å². The number of sulfonamides is 1. The summed E-state index contributed by atoms with van der Waals surface area (Å²) in [5.74, 6) is 0.0887. The molecule has 2 fully saturated rings. The second kappa shape index (κ2) is 9.86. The lowest BCUT2D eigenvalue weighted by Gasteiger charge is -2.38. The summed E-state index contributed by atoms with van der Waals surface area (Å²) < 4.78 is 28.0. The molecule has 178 valence electrons. The second-order valence-corrected chi connectivity index (χ2v) is 11.2. The van der Waals surface area contributed by atoms with E-state index in [0.29, 0.717) is 30.8 Å². The fraction of sp³-hybridized carbons (Fsp3) is 0.370. The van der Waals surface area contributed by atoms with Gasteiger partial charge < -0.3 is 4.90 Å². The molecular weight excluding hydrogens is 446 g/mol. The Morgan fingerprint density at radius 3 is 2.12 bits per heavy atom. The molecule has 6 nitrogen and oxygen atoms in total. The van der Waals surface area contributed by atoms with Gasteiger partial charge in [-0.25, -0.2) is 8.42 Å². The van der Waals surface area contributed by atoms with Gasteiger partial charge in [0.05, 0.1) is 4.90 Å². The lowest BCUT2D eigenvalue weighted by atomic mass is 9.96. The molecule has 7 heteroatoms. The number of fused-ring (bicyclic) bond motifs is 1. The Morgan fingerprint density at radius 2 is 1.41 bits per heavy atom. The molecule has 1 amide bonds. The first-order valence-corrected chi connectivity index (χ1v) is 13.5. The van der Waals surface area contributed by atoms with Crippen LogP contribution in [0.2, 0.25) is 0 Å². The van der Waals surface area contributed by atoms with Crippen LogP contribution in [0.25, 0.3) is 10.8 Å². The van der Waals surface area contributed by atoms with E-state index in [9.17, 15) is 13.2 Å². The number of piperazine rings is 1. The Hall–Kier alpha value is -2.74. The molecule has 2 aliphatic rings. The zero-order chi connectivity index (χ0) is 23.5. The van der Waals surface area contributed by atoms with Gasteiger partial charge in [-0.05, 0) is 41.3 Å². The number of carbonyl (C=O) groups is 1. The van der Waals surface area contributed by atoms with Crippen molar-refractivity contribution in [1.82, 2.24) is 14.1 Å². The van der Waals surface area contributed by atoms with Crippen LogP contribution in [0, 0.1) is 5.92 Å². The highest BCUT2D eigenvalue weighted by Crippen LogP contribution is 2.27. The maximum atomic E-state index is 13.2. The third-order valence-corrected chi connectivity index (χ3v) is 8.99. The molecule has 0 aliphatic carbocycles. The highest BCUT2D eigenvalue weighted by atomic mass is 32.2. The summed E-state index contributed by atoms with van der Waals surface area (Å²) in [6.07, 6.45) is 1.16. The van der Waals surface area contributed by atoms with Crippen molar-refractivity contribution in [2.24, 2.45) is 5.92 Å². The number of hydrogen-bond acceptors (Lipinski definition) is 4. The molecule has 34 heavy (non-hydrogen) atoms. The molecule has 0 radical (unpaired) electrons. The Labute approximate surface area is 201 Å². The molecule has 3 aromatic rings. The van der Waals surface area contributed by atoms with E-state index in [0.717, 1.165) is 43.5 Å². The van der Waals surface area contributed by atoms with Crippen molar-refractivity contribution in [1.29, 1.82) is 0 Å². The molecule has 0 unspecified atom stereocenters. The Kier molecular flexibility index (Phi) is 6.68. The van der Waals surface area contributed by atoms with Crippen LogP contribution in [0.5, 0.6) is 0 Å². The number of rotatable bonds is 5. The first-order valence-electron chi connectivity index (χ1n) is 12.0. The van der Waals surface area contributed by atoms with Gasteiger partial charge in [0, 0.05) is 51.7 Å². The van der Waals surface area contributed by atoms with Crippen LogP contribution in [0.1, 0.15) is 18.4 Å². The summed E-state index contributed by atoms with van der Waals surface area (Å²) in [6.45, 7) is 4.90. The lowest BCUT2D eigenvalue weighted by molar-refractivity contribution is -0.138. The van der Waals surface area contributed by atoms with E-state index in [2.05, 4.69) is 29.2 Å². The fourth-order valence-electron chi connectivity index (χ4n) is 5.05. The van der Waals surface area contributed by atoms with Gasteiger partial charge >= 0.3 is 0 Å². The predicted molar refractivity (Wildman–Crippen MR) is 134 cm³/mol. The maximum absolute atomic E-state index is 13.2. The van der Waals surface area contributed by atoms with E-state index in [-0.39, 0.29) is 11.8 Å². The van der Waals surface area contributed by atoms with Crippen LogP contribution in [0.3, 0.4) is 0 Å². The van der Waals surface area contributed by atoms with Gasteiger partial charge in [0.2, 0.25) is 15.9 Å². The number of benzene rings is 3. The molecule has 2 heterocycles. The number of piperidine rings is 1. The van der Waals surface area contributed by atoms with E-state index in [1.54, 1.807) is 16.4 Å². The highest BCUT2D eigenvalue weighted by Gasteiger charge is 2.34. The Bertz CT molecular complexity index is 1250. The van der Waals surface area contributed by atoms with E-state index in [1.165, 1.54) is 5.56 Å². The minimum Gasteiger partial charge on any atom is -0.340 e. The zero-order valence-electron chi connectivity index (χ0n) is 19.3. The van der Waals surface area contributed by atoms with Crippen molar-refractivity contribution in [2.75, 3.05) is 39.3 Å². The van der Waals surface area contributed by atoms with E-state index in [4.69, 9.17) is 0 Å². The SMILES string of the molecule is O=C(C1CCN(S(=O)(=O)c2ccc3ccccc3c2)CC1)N1CCN(Cc2ccccc2)CC1.